The van der Waals surface area contributed by atoms with Crippen LogP contribution in [0.25, 0.3) is 16.8 Å². The maximum absolute atomic E-state index is 6.67. The number of benzene rings is 5. The van der Waals surface area contributed by atoms with E-state index in [1.54, 1.807) is 11.0 Å². The second-order valence-corrected chi connectivity index (χ2v) is 20.7. The van der Waals surface area contributed by atoms with Crippen LogP contribution in [0, 0.1) is 25.1 Å². The van der Waals surface area contributed by atoms with Crippen molar-refractivity contribution in [3.63, 3.8) is 0 Å². The van der Waals surface area contributed by atoms with Gasteiger partial charge in [0.15, 0.2) is 0 Å². The number of nitrogens with zero attached hydrogens (tertiary/aromatic N) is 5. The summed E-state index contributed by atoms with van der Waals surface area (Å²) in [5.74, 6) is 1.22. The molecule has 304 valence electrons. The molecule has 9 rings (SSSR count). The minimum Gasteiger partial charge on any atom is -0.510 e. The van der Waals surface area contributed by atoms with Crippen molar-refractivity contribution in [3.05, 3.63) is 149 Å². The molecular weight excluding hydrogens is 906 g/mol. The molecule has 6 aromatic rings. The number of hydrogen-bond donors (Lipinski definition) is 0. The predicted octanol–water partition coefficient (Wildman–Crippen LogP) is 11.5. The van der Waals surface area contributed by atoms with Gasteiger partial charge in [0.2, 0.25) is 6.33 Å². The standard InChI is InChI=1S/C52H56N5O.Pt/c1-48(2,3)32-23-37-38-24-33(49(4,5)6)26-42(51(10,11)12)46(38)52(45(37)41(25-32)50(7,8)9)39-22-21-36(58-35-18-15-17-34(27-35)56-29-53-55(14)31-56)28-44(39)57-30-54(13)43-20-16-19-40(52)47(43)57;/h15-26,29-30H,1-14H3;/q-3;+4. The van der Waals surface area contributed by atoms with Gasteiger partial charge in [0.25, 0.3) is 0 Å². The summed E-state index contributed by atoms with van der Waals surface area (Å²) in [7, 11) is 4.00. The van der Waals surface area contributed by atoms with Crippen LogP contribution in [0.4, 0.5) is 17.1 Å². The number of anilines is 3. The largest absolute Gasteiger partial charge is 4.00 e. The van der Waals surface area contributed by atoms with Gasteiger partial charge in [-0.1, -0.05) is 131 Å². The van der Waals surface area contributed by atoms with E-state index >= 15 is 0 Å². The number of para-hydroxylation sites is 1. The third-order valence-electron chi connectivity index (χ3n) is 12.4. The average molecular weight is 962 g/mol. The third kappa shape index (κ3) is 6.30. The smallest absolute Gasteiger partial charge is 0.510 e. The fourth-order valence-electron chi connectivity index (χ4n) is 9.43. The Morgan fingerprint density at radius 3 is 1.80 bits per heavy atom. The van der Waals surface area contributed by atoms with Crippen molar-refractivity contribution in [1.82, 2.24) is 9.67 Å². The Balaban J connectivity index is 0.00000484. The van der Waals surface area contributed by atoms with E-state index in [9.17, 15) is 0 Å². The molecule has 1 aliphatic carbocycles. The molecule has 0 amide bonds. The van der Waals surface area contributed by atoms with E-state index in [1.807, 2.05) is 29.8 Å². The normalized spacial score (nSPS) is 15.2. The molecule has 0 fully saturated rings. The van der Waals surface area contributed by atoms with Gasteiger partial charge in [-0.2, -0.15) is 30.9 Å². The number of ether oxygens (including phenoxy) is 1. The maximum atomic E-state index is 6.67. The number of hydrogen-bond acceptors (Lipinski definition) is 4. The van der Waals surface area contributed by atoms with Gasteiger partial charge in [0.05, 0.1) is 7.05 Å². The Labute approximate surface area is 366 Å². The summed E-state index contributed by atoms with van der Waals surface area (Å²) in [4.78, 5) is 4.59. The van der Waals surface area contributed by atoms with Gasteiger partial charge in [0, 0.05) is 28.3 Å². The molecule has 0 N–H and O–H groups in total. The molecule has 1 aromatic heterocycles. The number of fused-ring (bicyclic) bond motifs is 9. The Hall–Kier alpha value is -4.67. The minimum atomic E-state index is -0.646. The van der Waals surface area contributed by atoms with Gasteiger partial charge < -0.3 is 19.1 Å². The van der Waals surface area contributed by atoms with E-state index in [-0.39, 0.29) is 42.7 Å². The van der Waals surface area contributed by atoms with Gasteiger partial charge in [0.1, 0.15) is 6.33 Å². The molecule has 0 saturated heterocycles. The van der Waals surface area contributed by atoms with Gasteiger partial charge >= 0.3 is 21.1 Å². The summed E-state index contributed by atoms with van der Waals surface area (Å²) in [5, 5.41) is 4.29. The monoisotopic (exact) mass is 961 g/mol. The molecule has 6 nitrogen and oxygen atoms in total. The first-order chi connectivity index (χ1) is 27.1. The van der Waals surface area contributed by atoms with Crippen LogP contribution in [0.1, 0.15) is 128 Å². The molecule has 0 atom stereocenters. The Morgan fingerprint density at radius 1 is 0.678 bits per heavy atom. The molecule has 3 aliphatic rings. The molecule has 2 aliphatic heterocycles. The number of aromatic nitrogens is 3. The number of rotatable bonds is 3. The first-order valence-electron chi connectivity index (χ1n) is 20.6. The zero-order chi connectivity index (χ0) is 41.5. The molecule has 59 heavy (non-hydrogen) atoms. The molecule has 0 saturated carbocycles. The van der Waals surface area contributed by atoms with Crippen LogP contribution in [0.5, 0.6) is 11.5 Å². The van der Waals surface area contributed by atoms with Gasteiger partial charge in [-0.3, -0.25) is 0 Å². The van der Waals surface area contributed by atoms with E-state index < -0.39 is 5.41 Å². The summed E-state index contributed by atoms with van der Waals surface area (Å²) in [5.41, 5.74) is 16.5. The maximum Gasteiger partial charge on any atom is 4.00 e. The summed E-state index contributed by atoms with van der Waals surface area (Å²) >= 11 is 0. The van der Waals surface area contributed by atoms with Crippen molar-refractivity contribution < 1.29 is 30.5 Å². The molecular formula is C52H56N5OPt+. The minimum absolute atomic E-state index is 0. The quantitative estimate of drug-likeness (QED) is 0.131. The Bertz CT molecular complexity index is 2580. The van der Waals surface area contributed by atoms with Crippen molar-refractivity contribution in [2.24, 2.45) is 7.05 Å². The van der Waals surface area contributed by atoms with Crippen molar-refractivity contribution >= 4 is 17.1 Å². The Morgan fingerprint density at radius 2 is 1.25 bits per heavy atom. The second kappa shape index (κ2) is 13.4. The van der Waals surface area contributed by atoms with Crippen LogP contribution in [-0.2, 0) is 55.2 Å². The van der Waals surface area contributed by atoms with Crippen LogP contribution in [0.3, 0.4) is 0 Å². The van der Waals surface area contributed by atoms with E-state index in [0.29, 0.717) is 11.5 Å². The molecule has 7 heteroatoms. The summed E-state index contributed by atoms with van der Waals surface area (Å²) in [6, 6.07) is 34.6. The first kappa shape index (κ1) is 41.1. The first-order valence-corrected chi connectivity index (χ1v) is 20.6. The van der Waals surface area contributed by atoms with Crippen molar-refractivity contribution in [2.45, 2.75) is 110 Å². The Kier molecular flexibility index (Phi) is 9.34. The molecule has 0 bridgehead atoms. The molecule has 0 radical (unpaired) electrons. The van der Waals surface area contributed by atoms with E-state index in [1.165, 1.54) is 67.0 Å². The van der Waals surface area contributed by atoms with Crippen molar-refractivity contribution in [1.29, 1.82) is 0 Å². The zero-order valence-electron chi connectivity index (χ0n) is 37.0. The van der Waals surface area contributed by atoms with Gasteiger partial charge in [-0.25, -0.2) is 4.68 Å². The van der Waals surface area contributed by atoms with E-state index in [2.05, 4.69) is 185 Å². The fraction of sp³-hybridized carbons (Fsp3) is 0.365. The van der Waals surface area contributed by atoms with Crippen LogP contribution >= 0.6 is 0 Å². The van der Waals surface area contributed by atoms with Crippen LogP contribution in [-0.4, -0.2) is 16.7 Å². The average Bonchev–Trinajstić information content (AvgIpc) is 3.81. The van der Waals surface area contributed by atoms with Gasteiger partial charge in [-0.05, 0) is 84.8 Å². The van der Waals surface area contributed by atoms with Crippen LogP contribution in [0.2, 0.25) is 0 Å². The predicted molar refractivity (Wildman–Crippen MR) is 235 cm³/mol. The second-order valence-electron chi connectivity index (χ2n) is 20.7. The fourth-order valence-corrected chi connectivity index (χ4v) is 9.43. The number of aryl methyl sites for hydroxylation is 1. The molecule has 3 heterocycles. The van der Waals surface area contributed by atoms with E-state index in [0.717, 1.165) is 11.4 Å². The summed E-state index contributed by atoms with van der Waals surface area (Å²) in [6.07, 6.45) is 4.89. The SMILES string of the molecule is CN1[CH-]N2c3[c-]c(Oc4[c-]c(-n5[c-][n+](C)nc5)ccc4)ccc3C3(c4cccc1c42)c1c(cc(C(C)(C)C)cc1C(C)(C)C)-c1cc(C(C)(C)C)cc(C(C)(C)C)c13.[Pt+4]. The topological polar surface area (TPSA) is 37.4 Å². The summed E-state index contributed by atoms with van der Waals surface area (Å²) in [6.45, 7) is 30.6. The van der Waals surface area contributed by atoms with Crippen molar-refractivity contribution in [2.75, 3.05) is 16.8 Å². The molecule has 5 aromatic carbocycles. The molecule has 0 unspecified atom stereocenters. The zero-order valence-corrected chi connectivity index (χ0v) is 39.3. The van der Waals surface area contributed by atoms with E-state index in [4.69, 9.17) is 4.74 Å². The third-order valence-corrected chi connectivity index (χ3v) is 12.4. The van der Waals surface area contributed by atoms with Crippen molar-refractivity contribution in [3.8, 4) is 28.3 Å². The van der Waals surface area contributed by atoms with Gasteiger partial charge in [-0.15, -0.1) is 28.9 Å². The molecule has 1 spiro atoms. The van der Waals surface area contributed by atoms with Crippen LogP contribution < -0.4 is 19.2 Å². The summed E-state index contributed by atoms with van der Waals surface area (Å²) < 4.78 is 10.1. The van der Waals surface area contributed by atoms with Crippen LogP contribution in [0.15, 0.2) is 79.1 Å².